The number of carboxylic acid groups (broad SMARTS) is 2. The van der Waals surface area contributed by atoms with Gasteiger partial charge in [-0.15, -0.1) is 0 Å². The van der Waals surface area contributed by atoms with Crippen molar-refractivity contribution >= 4 is 29.9 Å². The summed E-state index contributed by atoms with van der Waals surface area (Å²) in [5.74, 6) is -6.45. The van der Waals surface area contributed by atoms with Gasteiger partial charge in [0.1, 0.15) is 11.6 Å². The van der Waals surface area contributed by atoms with Crippen molar-refractivity contribution in [1.29, 1.82) is 0 Å². The second-order valence-electron chi connectivity index (χ2n) is 6.99. The molecule has 0 rings (SSSR count). The summed E-state index contributed by atoms with van der Waals surface area (Å²) in [7, 11) is 0. The van der Waals surface area contributed by atoms with E-state index in [0.29, 0.717) is 0 Å². The Morgan fingerprint density at radius 2 is 1.64 bits per heavy atom. The SMILES string of the molecule is C=C(CCC(=O)O)CC(C(=O)O)C(=O)ONC(=O)[C@H](C)NC(=O)OC(C)(C)C. The molecule has 4 N–H and O–H groups in total. The van der Waals surface area contributed by atoms with Gasteiger partial charge in [-0.2, -0.15) is 5.48 Å². The first-order chi connectivity index (χ1) is 12.7. The highest BCUT2D eigenvalue weighted by Gasteiger charge is 2.30. The predicted octanol–water partition coefficient (Wildman–Crippen LogP) is 0.986. The Bertz CT molecular complexity index is 637. The number of ether oxygens (including phenoxy) is 1. The van der Waals surface area contributed by atoms with E-state index in [1.54, 1.807) is 26.3 Å². The maximum Gasteiger partial charge on any atom is 0.408 e. The van der Waals surface area contributed by atoms with Gasteiger partial charge in [0, 0.05) is 6.42 Å². The number of nitrogens with one attached hydrogen (secondary N) is 2. The Hall–Kier alpha value is -3.11. The van der Waals surface area contributed by atoms with E-state index in [0.717, 1.165) is 0 Å². The van der Waals surface area contributed by atoms with Crippen LogP contribution in [0.1, 0.15) is 47.0 Å². The van der Waals surface area contributed by atoms with Crippen LogP contribution in [0.25, 0.3) is 0 Å². The molecule has 0 aliphatic rings. The first-order valence-electron chi connectivity index (χ1n) is 8.34. The predicted molar refractivity (Wildman–Crippen MR) is 94.8 cm³/mol. The van der Waals surface area contributed by atoms with Crippen molar-refractivity contribution in [2.24, 2.45) is 5.92 Å². The molecule has 0 heterocycles. The third kappa shape index (κ3) is 10.8. The minimum Gasteiger partial charge on any atom is -0.481 e. The summed E-state index contributed by atoms with van der Waals surface area (Å²) in [5.41, 5.74) is 1.22. The molecule has 1 unspecified atom stereocenters. The zero-order valence-corrected chi connectivity index (χ0v) is 16.2. The number of rotatable bonds is 9. The Morgan fingerprint density at radius 3 is 2.11 bits per heavy atom. The Balaban J connectivity index is 4.62. The van der Waals surface area contributed by atoms with E-state index in [2.05, 4.69) is 16.7 Å². The monoisotopic (exact) mass is 402 g/mol. The van der Waals surface area contributed by atoms with Gasteiger partial charge in [-0.25, -0.2) is 9.59 Å². The minimum atomic E-state index is -1.67. The maximum atomic E-state index is 11.9. The number of carbonyl (C=O) groups excluding carboxylic acids is 3. The van der Waals surface area contributed by atoms with Crippen molar-refractivity contribution in [3.63, 3.8) is 0 Å². The zero-order chi connectivity index (χ0) is 22.1. The molecule has 0 aliphatic heterocycles. The van der Waals surface area contributed by atoms with Crippen molar-refractivity contribution in [3.8, 4) is 0 Å². The molecule has 0 spiro atoms. The highest BCUT2D eigenvalue weighted by Crippen LogP contribution is 2.16. The molecule has 11 nitrogen and oxygen atoms in total. The fourth-order valence-electron chi connectivity index (χ4n) is 1.76. The second-order valence-corrected chi connectivity index (χ2v) is 6.99. The molecule has 0 saturated heterocycles. The molecule has 158 valence electrons. The molecule has 28 heavy (non-hydrogen) atoms. The molecule has 0 bridgehead atoms. The topological polar surface area (TPSA) is 168 Å². The number of carbonyl (C=O) groups is 5. The number of hydrogen-bond donors (Lipinski definition) is 4. The van der Waals surface area contributed by atoms with Crippen LogP contribution in [0.15, 0.2) is 12.2 Å². The van der Waals surface area contributed by atoms with Gasteiger partial charge in [-0.05, 0) is 40.5 Å². The molecule has 2 amide bonds. The van der Waals surface area contributed by atoms with Crippen LogP contribution in [0.4, 0.5) is 4.79 Å². The molecule has 2 atom stereocenters. The molecule has 0 aliphatic carbocycles. The number of hydrogen-bond acceptors (Lipinski definition) is 7. The van der Waals surface area contributed by atoms with Gasteiger partial charge < -0.3 is 25.1 Å². The van der Waals surface area contributed by atoms with E-state index < -0.39 is 47.5 Å². The standard InChI is InChI=1S/C17H26N2O9/c1-9(6-7-12(20)21)8-11(14(23)24)15(25)28-19-13(22)10(2)18-16(26)27-17(3,4)5/h10-11H,1,6-8H2,2-5H3,(H,18,26)(H,19,22)(H,20,21)(H,23,24)/t10-,11?/m0/s1. The summed E-state index contributed by atoms with van der Waals surface area (Å²) in [5, 5.41) is 19.9. The van der Waals surface area contributed by atoms with E-state index >= 15 is 0 Å². The average Bonchev–Trinajstić information content (AvgIpc) is 2.52. The van der Waals surface area contributed by atoms with E-state index in [-0.39, 0.29) is 24.8 Å². The molecule has 0 aromatic heterocycles. The van der Waals surface area contributed by atoms with E-state index in [4.69, 9.17) is 14.9 Å². The first-order valence-corrected chi connectivity index (χ1v) is 8.34. The highest BCUT2D eigenvalue weighted by atomic mass is 16.7. The summed E-state index contributed by atoms with van der Waals surface area (Å²) in [6.45, 7) is 9.74. The van der Waals surface area contributed by atoms with Crippen molar-refractivity contribution in [2.45, 2.75) is 58.6 Å². The van der Waals surface area contributed by atoms with Crippen LogP contribution in [0.5, 0.6) is 0 Å². The average molecular weight is 402 g/mol. The molecule has 0 saturated carbocycles. The number of hydroxylamine groups is 1. The Morgan fingerprint density at radius 1 is 1.07 bits per heavy atom. The minimum absolute atomic E-state index is 0.00437. The lowest BCUT2D eigenvalue weighted by atomic mass is 9.97. The Labute approximate surface area is 162 Å². The maximum absolute atomic E-state index is 11.9. The molecule has 0 radical (unpaired) electrons. The first kappa shape index (κ1) is 24.9. The van der Waals surface area contributed by atoms with Gasteiger partial charge in [-0.1, -0.05) is 12.2 Å². The number of amides is 2. The molecule has 0 aromatic carbocycles. The van der Waals surface area contributed by atoms with Crippen molar-refractivity contribution in [2.75, 3.05) is 0 Å². The summed E-state index contributed by atoms with van der Waals surface area (Å²) in [6, 6.07) is -1.13. The van der Waals surface area contributed by atoms with Gasteiger partial charge in [0.15, 0.2) is 5.92 Å². The number of alkyl carbamates (subject to hydrolysis) is 1. The highest BCUT2D eigenvalue weighted by molar-refractivity contribution is 5.95. The molecular weight excluding hydrogens is 376 g/mol. The van der Waals surface area contributed by atoms with Crippen LogP contribution in [-0.4, -0.2) is 51.8 Å². The largest absolute Gasteiger partial charge is 0.481 e. The van der Waals surface area contributed by atoms with Gasteiger partial charge in [0.2, 0.25) is 0 Å². The zero-order valence-electron chi connectivity index (χ0n) is 16.2. The molecule has 0 fully saturated rings. The van der Waals surface area contributed by atoms with Crippen LogP contribution in [-0.2, 0) is 28.8 Å². The van der Waals surface area contributed by atoms with E-state index in [9.17, 15) is 24.0 Å². The van der Waals surface area contributed by atoms with Gasteiger partial charge in [0.05, 0.1) is 0 Å². The summed E-state index contributed by atoms with van der Waals surface area (Å²) in [4.78, 5) is 61.6. The van der Waals surface area contributed by atoms with E-state index in [1.165, 1.54) is 6.92 Å². The third-order valence-electron chi connectivity index (χ3n) is 3.15. The Kier molecular flexibility index (Phi) is 9.69. The number of carboxylic acids is 2. The lowest BCUT2D eigenvalue weighted by Crippen LogP contribution is -2.47. The van der Waals surface area contributed by atoms with Crippen molar-refractivity contribution < 1.29 is 43.8 Å². The van der Waals surface area contributed by atoms with Crippen molar-refractivity contribution in [1.82, 2.24) is 10.8 Å². The summed E-state index contributed by atoms with van der Waals surface area (Å²) >= 11 is 0. The smallest absolute Gasteiger partial charge is 0.408 e. The van der Waals surface area contributed by atoms with Gasteiger partial charge in [0.25, 0.3) is 5.91 Å². The molecule has 0 aromatic rings. The molecule has 11 heteroatoms. The van der Waals surface area contributed by atoms with Crippen LogP contribution >= 0.6 is 0 Å². The fraction of sp³-hybridized carbons (Fsp3) is 0.588. The summed E-state index contributed by atoms with van der Waals surface area (Å²) < 4.78 is 4.97. The van der Waals surface area contributed by atoms with Gasteiger partial charge >= 0.3 is 24.0 Å². The van der Waals surface area contributed by atoms with Crippen LogP contribution in [0.2, 0.25) is 0 Å². The van der Waals surface area contributed by atoms with Crippen molar-refractivity contribution in [3.05, 3.63) is 12.2 Å². The quantitative estimate of drug-likeness (QED) is 0.249. The third-order valence-corrected chi connectivity index (χ3v) is 3.15. The van der Waals surface area contributed by atoms with Crippen LogP contribution in [0, 0.1) is 5.92 Å². The van der Waals surface area contributed by atoms with Gasteiger partial charge in [-0.3, -0.25) is 14.4 Å². The normalized spacial score (nSPS) is 12.9. The molecular formula is C17H26N2O9. The van der Waals surface area contributed by atoms with Crippen LogP contribution in [0.3, 0.4) is 0 Å². The summed E-state index contributed by atoms with van der Waals surface area (Å²) in [6.07, 6.45) is -1.47. The van der Waals surface area contributed by atoms with Crippen LogP contribution < -0.4 is 10.8 Å². The second kappa shape index (κ2) is 10.9. The fourth-order valence-corrected chi connectivity index (χ4v) is 1.76. The van der Waals surface area contributed by atoms with E-state index in [1.807, 2.05) is 0 Å². The lowest BCUT2D eigenvalue weighted by Gasteiger charge is -2.21. The number of allylic oxidation sites excluding steroid dienone is 1. The number of aliphatic carboxylic acids is 2. The lowest BCUT2D eigenvalue weighted by molar-refractivity contribution is -0.168.